The first kappa shape index (κ1) is 11.7. The summed E-state index contributed by atoms with van der Waals surface area (Å²) in [6, 6.07) is 6.13. The first-order chi connectivity index (χ1) is 8.71. The Morgan fingerprint density at radius 2 is 2.11 bits per heavy atom. The number of benzene rings is 1. The van der Waals surface area contributed by atoms with Crippen molar-refractivity contribution >= 4 is 11.1 Å². The molecule has 3 rings (SSSR count). The number of nitrogens with zero attached hydrogens (tertiary/aromatic N) is 1. The fourth-order valence-corrected chi connectivity index (χ4v) is 2.36. The van der Waals surface area contributed by atoms with E-state index in [9.17, 15) is 0 Å². The average molecular weight is 246 g/mol. The molecule has 0 aliphatic carbocycles. The van der Waals surface area contributed by atoms with Gasteiger partial charge in [-0.3, -0.25) is 0 Å². The SMILES string of the molecule is CCc1ccc2oc(C3(N)CCOCC3)nc2c1. The van der Waals surface area contributed by atoms with Crippen LogP contribution in [-0.4, -0.2) is 18.2 Å². The maximum Gasteiger partial charge on any atom is 0.215 e. The van der Waals surface area contributed by atoms with Gasteiger partial charge in [-0.05, 0) is 37.0 Å². The molecule has 1 aliphatic rings. The molecule has 0 saturated carbocycles. The summed E-state index contributed by atoms with van der Waals surface area (Å²) in [5, 5.41) is 0. The fourth-order valence-electron chi connectivity index (χ4n) is 2.36. The van der Waals surface area contributed by atoms with E-state index in [0.717, 1.165) is 30.4 Å². The van der Waals surface area contributed by atoms with Crippen LogP contribution in [0.15, 0.2) is 22.6 Å². The van der Waals surface area contributed by atoms with E-state index in [4.69, 9.17) is 14.9 Å². The predicted octanol–water partition coefficient (Wildman–Crippen LogP) is 2.35. The summed E-state index contributed by atoms with van der Waals surface area (Å²) >= 11 is 0. The van der Waals surface area contributed by atoms with Gasteiger partial charge in [0.15, 0.2) is 5.58 Å². The van der Waals surface area contributed by atoms with Crippen LogP contribution in [-0.2, 0) is 16.7 Å². The van der Waals surface area contributed by atoms with Crippen molar-refractivity contribution in [2.45, 2.75) is 31.7 Å². The number of oxazole rings is 1. The molecule has 1 fully saturated rings. The van der Waals surface area contributed by atoms with E-state index in [1.165, 1.54) is 5.56 Å². The summed E-state index contributed by atoms with van der Waals surface area (Å²) in [4.78, 5) is 4.57. The highest BCUT2D eigenvalue weighted by molar-refractivity contribution is 5.73. The maximum atomic E-state index is 6.38. The number of rotatable bonds is 2. The molecule has 1 aromatic carbocycles. The lowest BCUT2D eigenvalue weighted by atomic mass is 9.91. The van der Waals surface area contributed by atoms with Crippen molar-refractivity contribution in [3.05, 3.63) is 29.7 Å². The highest BCUT2D eigenvalue weighted by Crippen LogP contribution is 2.31. The van der Waals surface area contributed by atoms with E-state index < -0.39 is 5.54 Å². The van der Waals surface area contributed by atoms with Crippen LogP contribution in [0.3, 0.4) is 0 Å². The van der Waals surface area contributed by atoms with Gasteiger partial charge in [0.05, 0.1) is 5.54 Å². The summed E-state index contributed by atoms with van der Waals surface area (Å²) in [5.41, 5.74) is 8.90. The van der Waals surface area contributed by atoms with Crippen molar-refractivity contribution in [2.75, 3.05) is 13.2 Å². The maximum absolute atomic E-state index is 6.38. The smallest absolute Gasteiger partial charge is 0.215 e. The second kappa shape index (κ2) is 4.37. The second-order valence-corrected chi connectivity index (χ2v) is 4.94. The van der Waals surface area contributed by atoms with Gasteiger partial charge in [-0.2, -0.15) is 0 Å². The quantitative estimate of drug-likeness (QED) is 0.883. The van der Waals surface area contributed by atoms with Crippen LogP contribution in [0.4, 0.5) is 0 Å². The number of aromatic nitrogens is 1. The number of hydrogen-bond donors (Lipinski definition) is 1. The van der Waals surface area contributed by atoms with Gasteiger partial charge >= 0.3 is 0 Å². The Morgan fingerprint density at radius 3 is 2.83 bits per heavy atom. The van der Waals surface area contributed by atoms with Crippen molar-refractivity contribution in [2.24, 2.45) is 5.73 Å². The van der Waals surface area contributed by atoms with E-state index in [2.05, 4.69) is 24.0 Å². The lowest BCUT2D eigenvalue weighted by Crippen LogP contribution is -2.42. The molecule has 2 N–H and O–H groups in total. The third-order valence-corrected chi connectivity index (χ3v) is 3.67. The minimum Gasteiger partial charge on any atom is -0.439 e. The summed E-state index contributed by atoms with van der Waals surface area (Å²) in [7, 11) is 0. The predicted molar refractivity (Wildman–Crippen MR) is 69.3 cm³/mol. The van der Waals surface area contributed by atoms with Crippen LogP contribution in [0.2, 0.25) is 0 Å². The molecule has 0 radical (unpaired) electrons. The summed E-state index contributed by atoms with van der Waals surface area (Å²) in [5.74, 6) is 0.647. The third kappa shape index (κ3) is 1.91. The Hall–Kier alpha value is -1.39. The minimum atomic E-state index is -0.469. The molecule has 0 atom stereocenters. The Balaban J connectivity index is 2.02. The van der Waals surface area contributed by atoms with Crippen LogP contribution < -0.4 is 5.73 Å². The zero-order valence-corrected chi connectivity index (χ0v) is 10.6. The standard InChI is InChI=1S/C14H18N2O2/c1-2-10-3-4-12-11(9-10)16-13(18-12)14(15)5-7-17-8-6-14/h3-4,9H,2,5-8,15H2,1H3. The van der Waals surface area contributed by atoms with E-state index in [-0.39, 0.29) is 0 Å². The molecule has 0 spiro atoms. The summed E-state index contributed by atoms with van der Waals surface area (Å²) in [6.07, 6.45) is 2.53. The van der Waals surface area contributed by atoms with Gasteiger partial charge in [0.25, 0.3) is 0 Å². The molecule has 0 unspecified atom stereocenters. The first-order valence-corrected chi connectivity index (χ1v) is 6.48. The van der Waals surface area contributed by atoms with Gasteiger partial charge in [0.1, 0.15) is 5.52 Å². The first-order valence-electron chi connectivity index (χ1n) is 6.48. The van der Waals surface area contributed by atoms with Gasteiger partial charge < -0.3 is 14.9 Å². The Kier molecular flexibility index (Phi) is 2.84. The van der Waals surface area contributed by atoms with Crippen LogP contribution in [0.25, 0.3) is 11.1 Å². The highest BCUT2D eigenvalue weighted by atomic mass is 16.5. The van der Waals surface area contributed by atoms with Gasteiger partial charge in [-0.1, -0.05) is 13.0 Å². The zero-order chi connectivity index (χ0) is 12.6. The normalized spacial score (nSPS) is 19.2. The molecule has 0 bridgehead atoms. The largest absolute Gasteiger partial charge is 0.439 e. The molecule has 4 nitrogen and oxygen atoms in total. The van der Waals surface area contributed by atoms with Crippen molar-refractivity contribution in [3.63, 3.8) is 0 Å². The molecular weight excluding hydrogens is 228 g/mol. The fraction of sp³-hybridized carbons (Fsp3) is 0.500. The van der Waals surface area contributed by atoms with Crippen LogP contribution in [0.1, 0.15) is 31.2 Å². The molecule has 1 aromatic heterocycles. The zero-order valence-electron chi connectivity index (χ0n) is 10.6. The van der Waals surface area contributed by atoms with Gasteiger partial charge in [0, 0.05) is 13.2 Å². The van der Waals surface area contributed by atoms with E-state index in [1.54, 1.807) is 0 Å². The number of fused-ring (bicyclic) bond motifs is 1. The molecule has 4 heteroatoms. The third-order valence-electron chi connectivity index (χ3n) is 3.67. The number of aryl methyl sites for hydroxylation is 1. The number of nitrogens with two attached hydrogens (primary N) is 1. The highest BCUT2D eigenvalue weighted by Gasteiger charge is 2.35. The average Bonchev–Trinajstić information content (AvgIpc) is 2.83. The molecule has 2 heterocycles. The van der Waals surface area contributed by atoms with Crippen molar-refractivity contribution in [1.82, 2.24) is 4.98 Å². The molecule has 1 aliphatic heterocycles. The van der Waals surface area contributed by atoms with Crippen LogP contribution in [0.5, 0.6) is 0 Å². The monoisotopic (exact) mass is 246 g/mol. The number of hydrogen-bond acceptors (Lipinski definition) is 4. The molecule has 2 aromatic rings. The van der Waals surface area contributed by atoms with Crippen LogP contribution >= 0.6 is 0 Å². The van der Waals surface area contributed by atoms with Gasteiger partial charge in [0.2, 0.25) is 5.89 Å². The topological polar surface area (TPSA) is 61.3 Å². The van der Waals surface area contributed by atoms with E-state index in [1.807, 2.05) is 6.07 Å². The Labute approximate surface area is 106 Å². The molecule has 1 saturated heterocycles. The van der Waals surface area contributed by atoms with Crippen molar-refractivity contribution in [3.8, 4) is 0 Å². The second-order valence-electron chi connectivity index (χ2n) is 4.94. The van der Waals surface area contributed by atoms with Crippen LogP contribution in [0, 0.1) is 0 Å². The molecule has 96 valence electrons. The summed E-state index contributed by atoms with van der Waals surface area (Å²) < 4.78 is 11.2. The lowest BCUT2D eigenvalue weighted by molar-refractivity contribution is 0.0429. The van der Waals surface area contributed by atoms with Gasteiger partial charge in [-0.15, -0.1) is 0 Å². The van der Waals surface area contributed by atoms with E-state index in [0.29, 0.717) is 19.1 Å². The van der Waals surface area contributed by atoms with Crippen molar-refractivity contribution in [1.29, 1.82) is 0 Å². The Morgan fingerprint density at radius 1 is 1.33 bits per heavy atom. The Bertz CT molecular complexity index is 556. The van der Waals surface area contributed by atoms with Crippen molar-refractivity contribution < 1.29 is 9.15 Å². The molecule has 18 heavy (non-hydrogen) atoms. The minimum absolute atomic E-state index is 0.469. The summed E-state index contributed by atoms with van der Waals surface area (Å²) in [6.45, 7) is 3.48. The lowest BCUT2D eigenvalue weighted by Gasteiger charge is -2.29. The van der Waals surface area contributed by atoms with E-state index >= 15 is 0 Å². The molecular formula is C14H18N2O2. The van der Waals surface area contributed by atoms with Gasteiger partial charge in [-0.25, -0.2) is 4.98 Å². The number of ether oxygens (including phenoxy) is 1. The molecule has 0 amide bonds.